The van der Waals surface area contributed by atoms with Crippen LogP contribution in [0, 0.1) is 5.92 Å². The molecule has 1 aliphatic carbocycles. The van der Waals surface area contributed by atoms with E-state index in [2.05, 4.69) is 32.8 Å². The molecule has 3 heterocycles. The first-order valence-corrected chi connectivity index (χ1v) is 10.8. The Bertz CT molecular complexity index is 1360. The van der Waals surface area contributed by atoms with Crippen LogP contribution in [0.25, 0.3) is 16.6 Å². The molecule has 4 aromatic rings. The number of carbonyl (C=O) groups excluding carboxylic acids is 1. The molecule has 0 saturated carbocycles. The predicted molar refractivity (Wildman–Crippen MR) is 118 cm³/mol. The van der Waals surface area contributed by atoms with Crippen molar-refractivity contribution in [3.8, 4) is 0 Å². The molecule has 1 aliphatic rings. The van der Waals surface area contributed by atoms with Gasteiger partial charge in [-0.25, -0.2) is 9.78 Å². The number of ether oxygens (including phenoxy) is 1. The molecule has 0 fully saturated rings. The third kappa shape index (κ3) is 3.43. The first-order valence-electron chi connectivity index (χ1n) is 9.96. The van der Waals surface area contributed by atoms with Crippen molar-refractivity contribution in [2.24, 2.45) is 5.92 Å². The first-order chi connectivity index (χ1) is 14.5. The number of H-pyrrole nitrogens is 1. The quantitative estimate of drug-likeness (QED) is 0.454. The lowest BCUT2D eigenvalue weighted by Crippen LogP contribution is -2.16. The summed E-state index contributed by atoms with van der Waals surface area (Å²) in [4.78, 5) is 32.9. The Balaban J connectivity index is 1.38. The van der Waals surface area contributed by atoms with E-state index >= 15 is 0 Å². The van der Waals surface area contributed by atoms with E-state index in [0.29, 0.717) is 22.8 Å². The number of benzene rings is 1. The Morgan fingerprint density at radius 2 is 2.17 bits per heavy atom. The first kappa shape index (κ1) is 19.1. The number of aromatic nitrogens is 3. The lowest BCUT2D eigenvalue weighted by molar-refractivity contribution is 0.0468. The molecule has 0 spiro atoms. The molecule has 0 amide bonds. The van der Waals surface area contributed by atoms with Gasteiger partial charge in [-0.1, -0.05) is 6.92 Å². The van der Waals surface area contributed by atoms with Crippen LogP contribution in [0.1, 0.15) is 40.7 Å². The normalized spacial score (nSPS) is 16.0. The minimum atomic E-state index is -0.423. The highest BCUT2D eigenvalue weighted by molar-refractivity contribution is 9.10. The van der Waals surface area contributed by atoms with Crippen molar-refractivity contribution in [1.29, 1.82) is 0 Å². The zero-order valence-corrected chi connectivity index (χ0v) is 18.0. The Hall–Kier alpha value is -2.93. The lowest BCUT2D eigenvalue weighted by Gasteiger charge is -2.18. The van der Waals surface area contributed by atoms with Gasteiger partial charge in [0.25, 0.3) is 5.56 Å². The van der Waals surface area contributed by atoms with Crippen LogP contribution in [-0.2, 0) is 24.2 Å². The average molecular weight is 466 g/mol. The molecule has 1 N–H and O–H groups in total. The number of aryl methyl sites for hydroxylation is 1. The number of nitrogens with zero attached hydrogens (tertiary/aromatic N) is 2. The Kier molecular flexibility index (Phi) is 4.70. The summed E-state index contributed by atoms with van der Waals surface area (Å²) in [5.74, 6) is 0.222. The van der Waals surface area contributed by atoms with Gasteiger partial charge < -0.3 is 9.72 Å². The number of aromatic amines is 1. The Morgan fingerprint density at radius 1 is 1.30 bits per heavy atom. The number of halogens is 1. The van der Waals surface area contributed by atoms with Crippen LogP contribution in [0.5, 0.6) is 0 Å². The van der Waals surface area contributed by atoms with Crippen molar-refractivity contribution < 1.29 is 9.53 Å². The predicted octanol–water partition coefficient (Wildman–Crippen LogP) is 4.42. The van der Waals surface area contributed by atoms with E-state index in [0.717, 1.165) is 28.2 Å². The number of carbonyl (C=O) groups is 1. The maximum atomic E-state index is 12.7. The molecule has 0 saturated heterocycles. The SMILES string of the molecule is C[C@@H]1CCc2[nH]c3ccc(C(=O)OCc4cc(=O)n5cc(Br)ccc5n4)cc3c2C1. The van der Waals surface area contributed by atoms with Gasteiger partial charge in [0.15, 0.2) is 0 Å². The highest BCUT2D eigenvalue weighted by Gasteiger charge is 2.21. The molecule has 0 bridgehead atoms. The summed E-state index contributed by atoms with van der Waals surface area (Å²) in [5, 5.41) is 1.10. The van der Waals surface area contributed by atoms with Crippen LogP contribution >= 0.6 is 15.9 Å². The van der Waals surface area contributed by atoms with Crippen LogP contribution in [0.4, 0.5) is 0 Å². The average Bonchev–Trinajstić information content (AvgIpc) is 3.09. The van der Waals surface area contributed by atoms with Crippen molar-refractivity contribution >= 4 is 38.4 Å². The van der Waals surface area contributed by atoms with E-state index < -0.39 is 5.97 Å². The largest absolute Gasteiger partial charge is 0.456 e. The fourth-order valence-electron chi connectivity index (χ4n) is 4.14. The van der Waals surface area contributed by atoms with E-state index in [1.54, 1.807) is 18.3 Å². The molecule has 6 nitrogen and oxygen atoms in total. The van der Waals surface area contributed by atoms with E-state index in [1.165, 1.54) is 28.1 Å². The molecule has 152 valence electrons. The molecule has 1 aromatic carbocycles. The second-order valence-electron chi connectivity index (χ2n) is 7.93. The molecule has 5 rings (SSSR count). The Morgan fingerprint density at radius 3 is 3.03 bits per heavy atom. The number of rotatable bonds is 3. The van der Waals surface area contributed by atoms with Crippen LogP contribution in [0.2, 0.25) is 0 Å². The number of fused-ring (bicyclic) bond motifs is 4. The minimum absolute atomic E-state index is 0.0546. The molecule has 3 aromatic heterocycles. The highest BCUT2D eigenvalue weighted by Crippen LogP contribution is 2.32. The molecule has 0 aliphatic heterocycles. The number of hydrogen-bond donors (Lipinski definition) is 1. The van der Waals surface area contributed by atoms with Gasteiger partial charge in [-0.3, -0.25) is 9.20 Å². The molecular formula is C23H20BrN3O3. The van der Waals surface area contributed by atoms with Gasteiger partial charge in [-0.2, -0.15) is 0 Å². The molecule has 7 heteroatoms. The summed E-state index contributed by atoms with van der Waals surface area (Å²) in [6, 6.07) is 10.6. The van der Waals surface area contributed by atoms with Crippen molar-refractivity contribution in [2.75, 3.05) is 0 Å². The third-order valence-corrected chi connectivity index (χ3v) is 6.17. The van der Waals surface area contributed by atoms with E-state index in [9.17, 15) is 9.59 Å². The maximum absolute atomic E-state index is 12.7. The van der Waals surface area contributed by atoms with Gasteiger partial charge in [-0.05, 0) is 77.0 Å². The van der Waals surface area contributed by atoms with Gasteiger partial charge in [0, 0.05) is 33.3 Å². The number of esters is 1. The summed E-state index contributed by atoms with van der Waals surface area (Å²) in [6.07, 6.45) is 4.91. The third-order valence-electron chi connectivity index (χ3n) is 5.70. The Labute approximate surface area is 181 Å². The molecule has 1 atom stereocenters. The van der Waals surface area contributed by atoms with Crippen molar-refractivity contribution in [2.45, 2.75) is 32.8 Å². The summed E-state index contributed by atoms with van der Waals surface area (Å²) < 4.78 is 7.69. The minimum Gasteiger partial charge on any atom is -0.456 e. The fraction of sp³-hybridized carbons (Fsp3) is 0.261. The van der Waals surface area contributed by atoms with Gasteiger partial charge in [0.1, 0.15) is 12.3 Å². The highest BCUT2D eigenvalue weighted by atomic mass is 79.9. The van der Waals surface area contributed by atoms with Crippen molar-refractivity contribution in [1.82, 2.24) is 14.4 Å². The van der Waals surface area contributed by atoms with E-state index in [1.807, 2.05) is 18.2 Å². The number of nitrogens with one attached hydrogen (secondary N) is 1. The zero-order chi connectivity index (χ0) is 20.8. The second-order valence-corrected chi connectivity index (χ2v) is 8.84. The monoisotopic (exact) mass is 465 g/mol. The van der Waals surface area contributed by atoms with Gasteiger partial charge in [-0.15, -0.1) is 0 Å². The van der Waals surface area contributed by atoms with Crippen molar-refractivity contribution in [3.05, 3.63) is 79.9 Å². The smallest absolute Gasteiger partial charge is 0.338 e. The maximum Gasteiger partial charge on any atom is 0.338 e. The topological polar surface area (TPSA) is 76.5 Å². The fourth-order valence-corrected chi connectivity index (χ4v) is 4.48. The van der Waals surface area contributed by atoms with Crippen LogP contribution < -0.4 is 5.56 Å². The van der Waals surface area contributed by atoms with Gasteiger partial charge in [0.05, 0.1) is 11.3 Å². The molecule has 0 radical (unpaired) electrons. The number of pyridine rings is 1. The summed E-state index contributed by atoms with van der Waals surface area (Å²) in [7, 11) is 0. The lowest BCUT2D eigenvalue weighted by atomic mass is 9.87. The molecule has 30 heavy (non-hydrogen) atoms. The summed E-state index contributed by atoms with van der Waals surface area (Å²) >= 11 is 3.34. The standard InChI is InChI=1S/C23H20BrN3O3/c1-13-2-5-19-17(8-13)18-9-14(3-6-20(18)26-19)23(29)30-12-16-10-22(28)27-11-15(24)4-7-21(27)25-16/h3-4,6-7,9-11,13,26H,2,5,8,12H2,1H3/t13-/m1/s1. The van der Waals surface area contributed by atoms with Crippen molar-refractivity contribution in [3.63, 3.8) is 0 Å². The van der Waals surface area contributed by atoms with Crippen LogP contribution in [0.15, 0.2) is 51.9 Å². The second kappa shape index (κ2) is 7.40. The van der Waals surface area contributed by atoms with E-state index in [-0.39, 0.29) is 12.2 Å². The summed E-state index contributed by atoms with van der Waals surface area (Å²) in [6.45, 7) is 2.21. The van der Waals surface area contributed by atoms with Gasteiger partial charge >= 0.3 is 5.97 Å². The summed E-state index contributed by atoms with van der Waals surface area (Å²) in [5.41, 5.74) is 4.86. The van der Waals surface area contributed by atoms with Crippen LogP contribution in [-0.4, -0.2) is 20.3 Å². The van der Waals surface area contributed by atoms with E-state index in [4.69, 9.17) is 4.74 Å². The molecular weight excluding hydrogens is 446 g/mol. The zero-order valence-electron chi connectivity index (χ0n) is 16.4. The van der Waals surface area contributed by atoms with Crippen LogP contribution in [0.3, 0.4) is 0 Å². The molecule has 0 unspecified atom stereocenters. The number of hydrogen-bond acceptors (Lipinski definition) is 4. The van der Waals surface area contributed by atoms with Gasteiger partial charge in [0.2, 0.25) is 0 Å².